The predicted octanol–water partition coefficient (Wildman–Crippen LogP) is 2.02. The molecule has 0 unspecified atom stereocenters. The topological polar surface area (TPSA) is 55.0 Å². The highest BCUT2D eigenvalue weighted by Crippen LogP contribution is 2.23. The van der Waals surface area contributed by atoms with Gasteiger partial charge >= 0.3 is 0 Å². The van der Waals surface area contributed by atoms with E-state index in [4.69, 9.17) is 5.73 Å². The molecule has 4 nitrogen and oxygen atoms in total. The molecule has 0 saturated carbocycles. The lowest BCUT2D eigenvalue weighted by molar-refractivity contribution is 0.509. The number of benzene rings is 1. The molecular weight excluding hydrogens is 250 g/mol. The Labute approximate surface area is 109 Å². The highest BCUT2D eigenvalue weighted by molar-refractivity contribution is 5.58. The van der Waals surface area contributed by atoms with Gasteiger partial charge in [-0.2, -0.15) is 0 Å². The minimum Gasteiger partial charge on any atom is -0.330 e. The van der Waals surface area contributed by atoms with Crippen molar-refractivity contribution < 1.29 is 8.78 Å². The van der Waals surface area contributed by atoms with E-state index in [-0.39, 0.29) is 0 Å². The van der Waals surface area contributed by atoms with E-state index in [1.807, 2.05) is 0 Å². The van der Waals surface area contributed by atoms with E-state index in [1.54, 1.807) is 24.2 Å². The lowest BCUT2D eigenvalue weighted by Crippen LogP contribution is -2.14. The van der Waals surface area contributed by atoms with E-state index in [0.29, 0.717) is 30.3 Å². The van der Waals surface area contributed by atoms with Crippen molar-refractivity contribution in [2.75, 3.05) is 18.5 Å². The number of halogens is 2. The van der Waals surface area contributed by atoms with Gasteiger partial charge in [0.05, 0.1) is 0 Å². The SMILES string of the molecule is CN(c1ccc(F)c(F)c1)c1ccnc(CCN)n1. The van der Waals surface area contributed by atoms with Crippen LogP contribution in [0.4, 0.5) is 20.3 Å². The van der Waals surface area contributed by atoms with Gasteiger partial charge in [-0.05, 0) is 24.7 Å². The van der Waals surface area contributed by atoms with Gasteiger partial charge < -0.3 is 10.6 Å². The number of hydrogen-bond donors (Lipinski definition) is 1. The lowest BCUT2D eigenvalue weighted by Gasteiger charge is -2.18. The van der Waals surface area contributed by atoms with Gasteiger partial charge in [0.2, 0.25) is 0 Å². The molecule has 2 N–H and O–H groups in total. The maximum Gasteiger partial charge on any atom is 0.160 e. The molecule has 1 aromatic carbocycles. The van der Waals surface area contributed by atoms with E-state index >= 15 is 0 Å². The van der Waals surface area contributed by atoms with Crippen LogP contribution in [0.5, 0.6) is 0 Å². The molecule has 1 aromatic heterocycles. The standard InChI is InChI=1S/C13H14F2N4/c1-19(9-2-3-10(14)11(15)8-9)13-5-7-17-12(18-13)4-6-16/h2-3,5,7-8H,4,6,16H2,1H3. The smallest absolute Gasteiger partial charge is 0.160 e. The number of nitrogens with zero attached hydrogens (tertiary/aromatic N) is 3. The largest absolute Gasteiger partial charge is 0.330 e. The molecule has 19 heavy (non-hydrogen) atoms. The summed E-state index contributed by atoms with van der Waals surface area (Å²) >= 11 is 0. The third-order valence-corrected chi connectivity index (χ3v) is 2.69. The number of aromatic nitrogens is 2. The summed E-state index contributed by atoms with van der Waals surface area (Å²) in [4.78, 5) is 10.1. The minimum atomic E-state index is -0.888. The molecular formula is C13H14F2N4. The number of anilines is 2. The Balaban J connectivity index is 2.29. The lowest BCUT2D eigenvalue weighted by atomic mass is 10.2. The minimum absolute atomic E-state index is 0.457. The molecule has 0 fully saturated rings. The van der Waals surface area contributed by atoms with Crippen LogP contribution in [0.3, 0.4) is 0 Å². The first-order valence-electron chi connectivity index (χ1n) is 5.82. The Kier molecular flexibility index (Phi) is 4.01. The fourth-order valence-corrected chi connectivity index (χ4v) is 1.65. The van der Waals surface area contributed by atoms with E-state index in [9.17, 15) is 8.78 Å². The summed E-state index contributed by atoms with van der Waals surface area (Å²) in [6.45, 7) is 0.457. The average molecular weight is 264 g/mol. The van der Waals surface area contributed by atoms with E-state index in [0.717, 1.165) is 12.1 Å². The Morgan fingerprint density at radius 1 is 1.21 bits per heavy atom. The molecule has 0 aliphatic heterocycles. The van der Waals surface area contributed by atoms with E-state index in [2.05, 4.69) is 9.97 Å². The highest BCUT2D eigenvalue weighted by atomic mass is 19.2. The number of hydrogen-bond acceptors (Lipinski definition) is 4. The van der Waals surface area contributed by atoms with Gasteiger partial charge in [-0.25, -0.2) is 18.7 Å². The number of rotatable bonds is 4. The first-order chi connectivity index (χ1) is 9.11. The van der Waals surface area contributed by atoms with Crippen LogP contribution in [0.1, 0.15) is 5.82 Å². The molecule has 1 heterocycles. The predicted molar refractivity (Wildman–Crippen MR) is 69.2 cm³/mol. The van der Waals surface area contributed by atoms with Crippen molar-refractivity contribution in [1.29, 1.82) is 0 Å². The summed E-state index contributed by atoms with van der Waals surface area (Å²) in [5.41, 5.74) is 5.96. The average Bonchev–Trinajstić information content (AvgIpc) is 2.42. The summed E-state index contributed by atoms with van der Waals surface area (Å²) in [6, 6.07) is 5.40. The van der Waals surface area contributed by atoms with Gasteiger partial charge in [-0.1, -0.05) is 0 Å². The van der Waals surface area contributed by atoms with Crippen LogP contribution < -0.4 is 10.6 Å². The van der Waals surface area contributed by atoms with Crippen LogP contribution in [-0.4, -0.2) is 23.6 Å². The van der Waals surface area contributed by atoms with Gasteiger partial charge in [-0.15, -0.1) is 0 Å². The van der Waals surface area contributed by atoms with Gasteiger partial charge in [0, 0.05) is 31.4 Å². The highest BCUT2D eigenvalue weighted by Gasteiger charge is 2.09. The first kappa shape index (κ1) is 13.4. The monoisotopic (exact) mass is 264 g/mol. The first-order valence-corrected chi connectivity index (χ1v) is 5.82. The molecule has 2 rings (SSSR count). The molecule has 0 aliphatic carbocycles. The third-order valence-electron chi connectivity index (χ3n) is 2.69. The van der Waals surface area contributed by atoms with Crippen molar-refractivity contribution in [3.63, 3.8) is 0 Å². The Hall–Kier alpha value is -2.08. The fourth-order valence-electron chi connectivity index (χ4n) is 1.65. The van der Waals surface area contributed by atoms with Gasteiger partial charge in [0.15, 0.2) is 11.6 Å². The van der Waals surface area contributed by atoms with Crippen LogP contribution in [0.15, 0.2) is 30.5 Å². The zero-order chi connectivity index (χ0) is 13.8. The summed E-state index contributed by atoms with van der Waals surface area (Å²) in [6.07, 6.45) is 2.18. The van der Waals surface area contributed by atoms with Crippen molar-refractivity contribution in [2.45, 2.75) is 6.42 Å². The molecule has 0 radical (unpaired) electrons. The van der Waals surface area contributed by atoms with Crippen molar-refractivity contribution in [2.24, 2.45) is 5.73 Å². The Morgan fingerprint density at radius 2 is 2.00 bits per heavy atom. The second kappa shape index (κ2) is 5.71. The molecule has 0 spiro atoms. The van der Waals surface area contributed by atoms with Crippen molar-refractivity contribution in [3.05, 3.63) is 47.9 Å². The molecule has 6 heteroatoms. The second-order valence-corrected chi connectivity index (χ2v) is 4.03. The van der Waals surface area contributed by atoms with E-state index < -0.39 is 11.6 Å². The Bertz CT molecular complexity index is 574. The second-order valence-electron chi connectivity index (χ2n) is 4.03. The van der Waals surface area contributed by atoms with Crippen LogP contribution in [0, 0.1) is 11.6 Å². The molecule has 0 aliphatic rings. The molecule has 0 amide bonds. The third kappa shape index (κ3) is 3.03. The van der Waals surface area contributed by atoms with Crippen LogP contribution >= 0.6 is 0 Å². The maximum atomic E-state index is 13.2. The van der Waals surface area contributed by atoms with Gasteiger partial charge in [-0.3, -0.25) is 0 Å². The number of nitrogens with two attached hydrogens (primary N) is 1. The van der Waals surface area contributed by atoms with Crippen molar-refractivity contribution in [1.82, 2.24) is 9.97 Å². The summed E-state index contributed by atoms with van der Waals surface area (Å²) in [5, 5.41) is 0. The fraction of sp³-hybridized carbons (Fsp3) is 0.231. The normalized spacial score (nSPS) is 10.5. The van der Waals surface area contributed by atoms with Crippen LogP contribution in [-0.2, 0) is 6.42 Å². The molecule has 0 saturated heterocycles. The van der Waals surface area contributed by atoms with E-state index in [1.165, 1.54) is 6.07 Å². The summed E-state index contributed by atoms with van der Waals surface area (Å²) in [7, 11) is 1.72. The molecule has 100 valence electrons. The zero-order valence-electron chi connectivity index (χ0n) is 10.5. The summed E-state index contributed by atoms with van der Waals surface area (Å²) in [5.74, 6) is -0.539. The van der Waals surface area contributed by atoms with Crippen LogP contribution in [0.2, 0.25) is 0 Å². The Morgan fingerprint density at radius 3 is 2.68 bits per heavy atom. The van der Waals surface area contributed by atoms with Crippen molar-refractivity contribution in [3.8, 4) is 0 Å². The molecule has 0 bridgehead atoms. The summed E-state index contributed by atoms with van der Waals surface area (Å²) < 4.78 is 26.1. The van der Waals surface area contributed by atoms with Crippen molar-refractivity contribution >= 4 is 11.5 Å². The van der Waals surface area contributed by atoms with Gasteiger partial charge in [0.1, 0.15) is 11.6 Å². The quantitative estimate of drug-likeness (QED) is 0.918. The molecule has 2 aromatic rings. The maximum absolute atomic E-state index is 13.2. The van der Waals surface area contributed by atoms with Gasteiger partial charge in [0.25, 0.3) is 0 Å². The zero-order valence-corrected chi connectivity index (χ0v) is 10.5. The van der Waals surface area contributed by atoms with Crippen LogP contribution in [0.25, 0.3) is 0 Å². The molecule has 0 atom stereocenters.